The van der Waals surface area contributed by atoms with Gasteiger partial charge in [0.2, 0.25) is 11.5 Å². The van der Waals surface area contributed by atoms with E-state index in [0.717, 1.165) is 16.7 Å². The molecule has 4 N–H and O–H groups in total. The predicted octanol–water partition coefficient (Wildman–Crippen LogP) is 5.20. The molecule has 7 rings (SSSR count). The number of nitrogens with one attached hydrogen (secondary N) is 2. The molecule has 2 heterocycles. The molecule has 13 heteroatoms. The minimum Gasteiger partial charge on any atom is -0.497 e. The van der Waals surface area contributed by atoms with Crippen molar-refractivity contribution in [2.75, 3.05) is 13.7 Å². The van der Waals surface area contributed by atoms with Gasteiger partial charge in [-0.2, -0.15) is 0 Å². The highest BCUT2D eigenvalue weighted by molar-refractivity contribution is 5.93. The van der Waals surface area contributed by atoms with E-state index in [2.05, 4.69) is 17.2 Å². The van der Waals surface area contributed by atoms with E-state index in [0.29, 0.717) is 34.5 Å². The summed E-state index contributed by atoms with van der Waals surface area (Å²) in [5.41, 5.74) is 1.22. The van der Waals surface area contributed by atoms with Crippen molar-refractivity contribution in [1.29, 1.82) is 0 Å². The third-order valence-electron chi connectivity index (χ3n) is 10.9. The van der Waals surface area contributed by atoms with Crippen molar-refractivity contribution in [3.63, 3.8) is 0 Å². The first-order valence-electron chi connectivity index (χ1n) is 18.7. The number of likely N-dealkylation sites (tertiary alicyclic amines) is 1. The SMILES string of the molecule is C=CC1C[C@]1(OC(=O)[C@@H]1C[C@@H](Oc2cc(-c3ccccc3)nc3cc(OC)ccc23)CN1C(=O)N[C@H](C(=O)N[C@H]1c2ccccc2C[C@H]1O)C(C)(C)C)C(=O)O. The van der Waals surface area contributed by atoms with Crippen LogP contribution in [0.2, 0.25) is 0 Å². The Morgan fingerprint density at radius 1 is 1.04 bits per heavy atom. The van der Waals surface area contributed by atoms with E-state index in [-0.39, 0.29) is 19.4 Å². The van der Waals surface area contributed by atoms with Crippen LogP contribution in [0.5, 0.6) is 11.5 Å². The van der Waals surface area contributed by atoms with Gasteiger partial charge in [-0.15, -0.1) is 6.58 Å². The molecule has 0 radical (unpaired) electrons. The molecule has 0 spiro atoms. The van der Waals surface area contributed by atoms with Crippen molar-refractivity contribution in [1.82, 2.24) is 20.5 Å². The van der Waals surface area contributed by atoms with Crippen LogP contribution < -0.4 is 20.1 Å². The number of carboxylic acids is 1. The highest BCUT2D eigenvalue weighted by Crippen LogP contribution is 2.48. The number of hydrogen-bond donors (Lipinski definition) is 4. The van der Waals surface area contributed by atoms with Crippen LogP contribution in [0.25, 0.3) is 22.2 Å². The van der Waals surface area contributed by atoms with E-state index in [1.165, 1.54) is 11.0 Å². The lowest BCUT2D eigenvalue weighted by molar-refractivity contribution is -0.170. The maximum absolute atomic E-state index is 14.3. The molecule has 292 valence electrons. The molecule has 3 aliphatic rings. The maximum atomic E-state index is 14.3. The molecule has 0 bridgehead atoms. The van der Waals surface area contributed by atoms with Crippen LogP contribution in [0.3, 0.4) is 0 Å². The monoisotopic (exact) mass is 762 g/mol. The summed E-state index contributed by atoms with van der Waals surface area (Å²) < 4.78 is 17.8. The minimum atomic E-state index is -1.78. The number of methoxy groups -OCH3 is 1. The quantitative estimate of drug-likeness (QED) is 0.117. The van der Waals surface area contributed by atoms with Gasteiger partial charge in [0, 0.05) is 48.3 Å². The molecule has 1 aromatic heterocycles. The van der Waals surface area contributed by atoms with E-state index in [1.807, 2.05) is 60.7 Å². The second-order valence-corrected chi connectivity index (χ2v) is 15.8. The molecule has 3 aromatic carbocycles. The van der Waals surface area contributed by atoms with E-state index < -0.39 is 71.1 Å². The number of aliphatic hydroxyl groups is 1. The Labute approximate surface area is 324 Å². The zero-order valence-electron chi connectivity index (χ0n) is 31.7. The van der Waals surface area contributed by atoms with Crippen LogP contribution in [0.1, 0.15) is 50.8 Å². The molecule has 1 saturated carbocycles. The number of carbonyl (C=O) groups excluding carboxylic acids is 3. The zero-order valence-corrected chi connectivity index (χ0v) is 31.7. The van der Waals surface area contributed by atoms with Crippen LogP contribution in [-0.2, 0) is 25.5 Å². The van der Waals surface area contributed by atoms with Gasteiger partial charge in [-0.3, -0.25) is 4.79 Å². The summed E-state index contributed by atoms with van der Waals surface area (Å²) in [4.78, 5) is 60.7. The number of aliphatic carboxylic acids is 1. The molecule has 3 amide bonds. The summed E-state index contributed by atoms with van der Waals surface area (Å²) >= 11 is 0. The predicted molar refractivity (Wildman–Crippen MR) is 207 cm³/mol. The summed E-state index contributed by atoms with van der Waals surface area (Å²) in [6.07, 6.45) is 0.250. The number of esters is 1. The molecule has 1 saturated heterocycles. The van der Waals surface area contributed by atoms with E-state index in [1.54, 1.807) is 46.1 Å². The van der Waals surface area contributed by atoms with E-state index in [9.17, 15) is 29.4 Å². The molecule has 1 unspecified atom stereocenters. The minimum absolute atomic E-state index is 0.0290. The van der Waals surface area contributed by atoms with Gasteiger partial charge in [0.15, 0.2) is 0 Å². The topological polar surface area (TPSA) is 177 Å². The number of aromatic nitrogens is 1. The molecular formula is C43H46N4O9. The summed E-state index contributed by atoms with van der Waals surface area (Å²) in [6.45, 7) is 8.98. The average molecular weight is 763 g/mol. The number of carbonyl (C=O) groups is 4. The van der Waals surface area contributed by atoms with Crippen LogP contribution in [0, 0.1) is 11.3 Å². The Bertz CT molecular complexity index is 2190. The van der Waals surface area contributed by atoms with Gasteiger partial charge in [-0.05, 0) is 28.7 Å². The molecule has 2 fully saturated rings. The number of hydrogen-bond acceptors (Lipinski definition) is 9. The number of aliphatic hydroxyl groups excluding tert-OH is 1. The van der Waals surface area contributed by atoms with Gasteiger partial charge in [0.25, 0.3) is 0 Å². The van der Waals surface area contributed by atoms with Gasteiger partial charge in [-0.25, -0.2) is 19.4 Å². The van der Waals surface area contributed by atoms with Gasteiger partial charge in [0.05, 0.1) is 37.0 Å². The van der Waals surface area contributed by atoms with Crippen LogP contribution in [-0.4, -0.2) is 87.5 Å². The Balaban J connectivity index is 1.18. The molecular weight excluding hydrogens is 716 g/mol. The molecule has 4 aromatic rings. The first kappa shape index (κ1) is 38.3. The summed E-state index contributed by atoms with van der Waals surface area (Å²) in [6, 6.07) is 20.5. The molecule has 56 heavy (non-hydrogen) atoms. The van der Waals surface area contributed by atoms with Crippen molar-refractivity contribution in [2.24, 2.45) is 11.3 Å². The van der Waals surface area contributed by atoms with Crippen molar-refractivity contribution >= 4 is 34.8 Å². The normalized spacial score (nSPS) is 24.4. The van der Waals surface area contributed by atoms with E-state index in [4.69, 9.17) is 19.2 Å². The van der Waals surface area contributed by atoms with Crippen molar-refractivity contribution in [2.45, 2.75) is 76.0 Å². The number of urea groups is 1. The second-order valence-electron chi connectivity index (χ2n) is 15.8. The fraction of sp³-hybridized carbons (Fsp3) is 0.372. The van der Waals surface area contributed by atoms with Crippen LogP contribution in [0.4, 0.5) is 4.79 Å². The largest absolute Gasteiger partial charge is 0.497 e. The lowest BCUT2D eigenvalue weighted by atomic mass is 9.86. The molecule has 2 aliphatic carbocycles. The highest BCUT2D eigenvalue weighted by Gasteiger charge is 2.64. The van der Waals surface area contributed by atoms with E-state index >= 15 is 0 Å². The Kier molecular flexibility index (Phi) is 10.2. The lowest BCUT2D eigenvalue weighted by Crippen LogP contribution is -2.58. The summed E-state index contributed by atoms with van der Waals surface area (Å²) in [5.74, 6) is -2.25. The fourth-order valence-corrected chi connectivity index (χ4v) is 7.73. The van der Waals surface area contributed by atoms with Crippen LogP contribution >= 0.6 is 0 Å². The van der Waals surface area contributed by atoms with Crippen molar-refractivity contribution in [3.05, 3.63) is 103 Å². The average Bonchev–Trinajstić information content (AvgIpc) is 3.59. The number of ether oxygens (including phenoxy) is 3. The maximum Gasteiger partial charge on any atom is 0.348 e. The Hall–Kier alpha value is -5.95. The van der Waals surface area contributed by atoms with Crippen molar-refractivity contribution < 1.29 is 43.6 Å². The summed E-state index contributed by atoms with van der Waals surface area (Å²) in [5, 5.41) is 27.3. The number of carboxylic acid groups (broad SMARTS) is 1. The summed E-state index contributed by atoms with van der Waals surface area (Å²) in [7, 11) is 1.56. The first-order valence-corrected chi connectivity index (χ1v) is 18.7. The molecule has 13 nitrogen and oxygen atoms in total. The number of fused-ring (bicyclic) bond motifs is 2. The third kappa shape index (κ3) is 7.38. The number of benzene rings is 3. The van der Waals surface area contributed by atoms with Gasteiger partial charge >= 0.3 is 18.0 Å². The second kappa shape index (κ2) is 14.9. The Morgan fingerprint density at radius 2 is 1.77 bits per heavy atom. The number of pyridine rings is 1. The van der Waals surface area contributed by atoms with Crippen molar-refractivity contribution in [3.8, 4) is 22.8 Å². The fourth-order valence-electron chi connectivity index (χ4n) is 7.73. The molecule has 1 aliphatic heterocycles. The highest BCUT2D eigenvalue weighted by atomic mass is 16.6. The number of amides is 3. The number of rotatable bonds is 11. The zero-order chi connectivity index (χ0) is 39.9. The molecule has 7 atom stereocenters. The number of nitrogens with zero attached hydrogens (tertiary/aromatic N) is 2. The first-order chi connectivity index (χ1) is 26.7. The lowest BCUT2D eigenvalue weighted by Gasteiger charge is -2.34. The third-order valence-corrected chi connectivity index (χ3v) is 10.9. The smallest absolute Gasteiger partial charge is 0.348 e. The Morgan fingerprint density at radius 3 is 2.45 bits per heavy atom. The van der Waals surface area contributed by atoms with Gasteiger partial charge < -0.3 is 40.0 Å². The van der Waals surface area contributed by atoms with Crippen LogP contribution in [0.15, 0.2) is 91.5 Å². The standard InChI is InChI=1S/C43H46N4O9/c1-6-26-22-43(26,40(51)52)56-39(50)33-20-28(55-35-21-31(24-12-8-7-9-13-24)44-32-19-27(54-5)16-17-30(32)35)23-47(33)41(53)46-37(42(2,3)4)38(49)45-36-29-15-11-10-14-25(29)18-34(36)48/h6-17,19,21,26,28,33-34,36-37,48H,1,18,20,22-23H2,2-5H3,(H,45,49)(H,46,53)(H,51,52)/t26?,28-,33+,34-,36+,37-,43-/m1/s1. The van der Waals surface area contributed by atoms with Gasteiger partial charge in [-0.1, -0.05) is 81.4 Å². The van der Waals surface area contributed by atoms with Gasteiger partial charge in [0.1, 0.15) is 29.7 Å².